The van der Waals surface area contributed by atoms with Crippen molar-refractivity contribution < 1.29 is 45.0 Å². The van der Waals surface area contributed by atoms with Crippen LogP contribution in [-0.4, -0.2) is 27.9 Å². The maximum Gasteiger partial charge on any atom is 0.422 e. The number of benzene rings is 2. The lowest BCUT2D eigenvalue weighted by Crippen LogP contribution is -2.23. The van der Waals surface area contributed by atoms with E-state index < -0.39 is 76.4 Å². The van der Waals surface area contributed by atoms with Crippen LogP contribution in [0.2, 0.25) is 5.02 Å². The van der Waals surface area contributed by atoms with Gasteiger partial charge in [0.05, 0.1) is 16.6 Å². The first-order chi connectivity index (χ1) is 17.4. The summed E-state index contributed by atoms with van der Waals surface area (Å²) in [6, 6.07) is 4.22. The first-order valence-corrected chi connectivity index (χ1v) is 10.5. The minimum Gasteiger partial charge on any atom is -0.505 e. The van der Waals surface area contributed by atoms with E-state index in [4.69, 9.17) is 11.6 Å². The van der Waals surface area contributed by atoms with E-state index in [1.54, 1.807) is 0 Å². The maximum atomic E-state index is 15.2. The van der Waals surface area contributed by atoms with E-state index in [1.807, 2.05) is 0 Å². The topological polar surface area (TPSA) is 67.3 Å². The molecule has 0 fully saturated rings. The van der Waals surface area contributed by atoms with Crippen LogP contribution >= 0.6 is 11.6 Å². The second-order valence-electron chi connectivity index (χ2n) is 7.54. The SMILES string of the molecule is Oc1c(C(Nc2ncc(Cl)cc2F)c2c(F)c(F)c(OCC(F)(F)F)c(F)c2F)ccc2cccnc12. The molecule has 1 unspecified atom stereocenters. The summed E-state index contributed by atoms with van der Waals surface area (Å²) in [4.78, 5) is 7.59. The van der Waals surface area contributed by atoms with Crippen LogP contribution < -0.4 is 10.1 Å². The molecular formula is C23H12ClF8N3O2. The molecule has 4 rings (SSSR count). The number of nitrogens with one attached hydrogen (secondary N) is 1. The van der Waals surface area contributed by atoms with Gasteiger partial charge in [0.25, 0.3) is 0 Å². The summed E-state index contributed by atoms with van der Waals surface area (Å²) in [7, 11) is 0. The highest BCUT2D eigenvalue weighted by Crippen LogP contribution is 2.41. The molecule has 2 heterocycles. The zero-order chi connectivity index (χ0) is 27.1. The van der Waals surface area contributed by atoms with Crippen molar-refractivity contribution in [2.45, 2.75) is 12.2 Å². The molecular weight excluding hydrogens is 538 g/mol. The number of hydrogen-bond donors (Lipinski definition) is 2. The molecule has 0 saturated carbocycles. The molecule has 1 atom stereocenters. The van der Waals surface area contributed by atoms with Crippen molar-refractivity contribution in [3.05, 3.63) is 88.0 Å². The Balaban J connectivity index is 1.94. The monoisotopic (exact) mass is 549 g/mol. The molecule has 0 aliphatic heterocycles. The summed E-state index contributed by atoms with van der Waals surface area (Å²) in [5, 5.41) is 13.3. The van der Waals surface area contributed by atoms with E-state index in [9.17, 15) is 31.4 Å². The van der Waals surface area contributed by atoms with Gasteiger partial charge in [-0.2, -0.15) is 22.0 Å². The molecule has 2 N–H and O–H groups in total. The third kappa shape index (κ3) is 5.17. The molecule has 0 aliphatic rings. The average Bonchev–Trinajstić information content (AvgIpc) is 2.83. The van der Waals surface area contributed by atoms with Gasteiger partial charge >= 0.3 is 6.18 Å². The molecule has 37 heavy (non-hydrogen) atoms. The summed E-state index contributed by atoms with van der Waals surface area (Å²) in [5.41, 5.74) is -1.96. The lowest BCUT2D eigenvalue weighted by molar-refractivity contribution is -0.154. The van der Waals surface area contributed by atoms with Crippen LogP contribution in [0.4, 0.5) is 40.9 Å². The molecule has 2 aromatic heterocycles. The molecule has 0 spiro atoms. The Morgan fingerprint density at radius 3 is 2.27 bits per heavy atom. The number of rotatable bonds is 6. The quantitative estimate of drug-likeness (QED) is 0.204. The Hall–Kier alpha value is -3.87. The molecule has 0 bridgehead atoms. The number of anilines is 1. The van der Waals surface area contributed by atoms with Crippen LogP contribution in [0.15, 0.2) is 42.7 Å². The average molecular weight is 550 g/mol. The van der Waals surface area contributed by atoms with Crippen molar-refractivity contribution in [1.82, 2.24) is 9.97 Å². The van der Waals surface area contributed by atoms with Crippen LogP contribution in [-0.2, 0) is 0 Å². The first kappa shape index (κ1) is 26.2. The van der Waals surface area contributed by atoms with Crippen molar-refractivity contribution in [1.29, 1.82) is 0 Å². The normalized spacial score (nSPS) is 12.6. The van der Waals surface area contributed by atoms with Crippen molar-refractivity contribution in [3.63, 3.8) is 0 Å². The number of alkyl halides is 3. The molecule has 0 amide bonds. The summed E-state index contributed by atoms with van der Waals surface area (Å²) >= 11 is 5.66. The number of pyridine rings is 2. The molecule has 0 radical (unpaired) electrons. The fourth-order valence-corrected chi connectivity index (χ4v) is 3.65. The number of hydrogen-bond acceptors (Lipinski definition) is 5. The molecule has 4 aromatic rings. The van der Waals surface area contributed by atoms with Crippen molar-refractivity contribution >= 4 is 28.3 Å². The Labute approximate surface area is 207 Å². The van der Waals surface area contributed by atoms with Crippen molar-refractivity contribution in [2.75, 3.05) is 11.9 Å². The lowest BCUT2D eigenvalue weighted by atomic mass is 9.94. The number of fused-ring (bicyclic) bond motifs is 1. The van der Waals surface area contributed by atoms with Gasteiger partial charge < -0.3 is 15.2 Å². The van der Waals surface area contributed by atoms with Crippen LogP contribution in [0.1, 0.15) is 17.2 Å². The Bertz CT molecular complexity index is 1470. The van der Waals surface area contributed by atoms with Gasteiger partial charge in [-0.25, -0.2) is 18.2 Å². The van der Waals surface area contributed by atoms with Gasteiger partial charge in [0.15, 0.2) is 35.6 Å². The smallest absolute Gasteiger partial charge is 0.422 e. The van der Waals surface area contributed by atoms with Crippen molar-refractivity contribution in [3.8, 4) is 11.5 Å². The van der Waals surface area contributed by atoms with Gasteiger partial charge in [-0.15, -0.1) is 0 Å². The standard InChI is InChI=1S/C23H12ClF8N3O2/c24-10-6-12(25)22(34-7-10)35-19(11-4-3-9-2-1-5-33-18(9)20(11)36)13-14(26)16(28)21(17(29)15(13)27)37-8-23(30,31)32/h1-7,19,36H,8H2,(H,34,35). The minimum absolute atomic E-state index is 0.0803. The third-order valence-corrected chi connectivity index (χ3v) is 5.31. The predicted molar refractivity (Wildman–Crippen MR) is 116 cm³/mol. The van der Waals surface area contributed by atoms with Gasteiger partial charge in [0, 0.05) is 23.3 Å². The Kier molecular flexibility index (Phi) is 7.00. The summed E-state index contributed by atoms with van der Waals surface area (Å²) < 4.78 is 116. The molecule has 0 saturated heterocycles. The number of phenolic OH excluding ortho intramolecular Hbond substituents is 1. The van der Waals surface area contributed by atoms with E-state index in [2.05, 4.69) is 20.0 Å². The van der Waals surface area contributed by atoms with Crippen LogP contribution in [0, 0.1) is 29.1 Å². The number of ether oxygens (including phenoxy) is 1. The van der Waals surface area contributed by atoms with Gasteiger partial charge in [-0.05, 0) is 12.1 Å². The van der Waals surface area contributed by atoms with Gasteiger partial charge in [0.2, 0.25) is 11.6 Å². The summed E-state index contributed by atoms with van der Waals surface area (Å²) in [6.45, 7) is -2.24. The lowest BCUT2D eigenvalue weighted by Gasteiger charge is -2.24. The van der Waals surface area contributed by atoms with E-state index in [0.29, 0.717) is 5.39 Å². The van der Waals surface area contributed by atoms with Crippen molar-refractivity contribution in [2.24, 2.45) is 0 Å². The molecule has 14 heteroatoms. The van der Waals surface area contributed by atoms with Crippen LogP contribution in [0.25, 0.3) is 10.9 Å². The highest BCUT2D eigenvalue weighted by atomic mass is 35.5. The van der Waals surface area contributed by atoms with Crippen LogP contribution in [0.5, 0.6) is 11.5 Å². The van der Waals surface area contributed by atoms with Crippen LogP contribution in [0.3, 0.4) is 0 Å². The second kappa shape index (κ2) is 9.88. The first-order valence-electron chi connectivity index (χ1n) is 10.1. The maximum absolute atomic E-state index is 15.2. The number of phenols is 1. The number of aromatic hydroxyl groups is 1. The fraction of sp³-hybridized carbons (Fsp3) is 0.130. The fourth-order valence-electron chi connectivity index (χ4n) is 3.50. The summed E-state index contributed by atoms with van der Waals surface area (Å²) in [5.74, 6) is -13.4. The Morgan fingerprint density at radius 2 is 1.65 bits per heavy atom. The number of nitrogens with zero attached hydrogens (tertiary/aromatic N) is 2. The van der Waals surface area contributed by atoms with Gasteiger partial charge in [-0.1, -0.05) is 29.8 Å². The number of aromatic nitrogens is 2. The zero-order valence-electron chi connectivity index (χ0n) is 18.0. The van der Waals surface area contributed by atoms with E-state index in [1.165, 1.54) is 24.4 Å². The molecule has 194 valence electrons. The van der Waals surface area contributed by atoms with E-state index in [-0.39, 0.29) is 10.5 Å². The summed E-state index contributed by atoms with van der Waals surface area (Å²) in [6.07, 6.45) is -2.84. The van der Waals surface area contributed by atoms with Gasteiger partial charge in [-0.3, -0.25) is 4.98 Å². The zero-order valence-corrected chi connectivity index (χ0v) is 18.7. The molecule has 0 aliphatic carbocycles. The second-order valence-corrected chi connectivity index (χ2v) is 7.98. The third-order valence-electron chi connectivity index (χ3n) is 5.10. The highest BCUT2D eigenvalue weighted by Gasteiger charge is 2.36. The van der Waals surface area contributed by atoms with E-state index in [0.717, 1.165) is 18.3 Å². The Morgan fingerprint density at radius 1 is 0.973 bits per heavy atom. The highest BCUT2D eigenvalue weighted by molar-refractivity contribution is 6.30. The van der Waals surface area contributed by atoms with E-state index >= 15 is 8.78 Å². The predicted octanol–water partition coefficient (Wildman–Crippen LogP) is 6.83. The van der Waals surface area contributed by atoms with Gasteiger partial charge in [0.1, 0.15) is 11.3 Å². The largest absolute Gasteiger partial charge is 0.505 e. The number of halogens is 9. The minimum atomic E-state index is -5.07. The molecule has 5 nitrogen and oxygen atoms in total. The molecule has 2 aromatic carbocycles.